The monoisotopic (exact) mass is 237 g/mol. The second kappa shape index (κ2) is 6.91. The van der Waals surface area contributed by atoms with Crippen LogP contribution in [0.2, 0.25) is 0 Å². The van der Waals surface area contributed by atoms with Gasteiger partial charge in [-0.1, -0.05) is 6.07 Å². The normalized spacial score (nSPS) is 10.2. The van der Waals surface area contributed by atoms with E-state index in [0.29, 0.717) is 30.9 Å². The number of carbonyl (C=O) groups is 1. The summed E-state index contributed by atoms with van der Waals surface area (Å²) in [7, 11) is 0. The number of hydrogen-bond acceptors (Lipinski definition) is 3. The Morgan fingerprint density at radius 3 is 2.94 bits per heavy atom. The zero-order valence-electron chi connectivity index (χ0n) is 10.3. The van der Waals surface area contributed by atoms with Gasteiger partial charge in [0.25, 0.3) is 5.91 Å². The van der Waals surface area contributed by atoms with Crippen molar-refractivity contribution in [1.82, 2.24) is 5.32 Å². The quantitative estimate of drug-likeness (QED) is 0.742. The third kappa shape index (κ3) is 4.07. The lowest BCUT2D eigenvalue weighted by Gasteiger charge is -2.08. The van der Waals surface area contributed by atoms with Gasteiger partial charge in [-0.15, -0.1) is 0 Å². The fourth-order valence-corrected chi connectivity index (χ4v) is 1.49. The van der Waals surface area contributed by atoms with Gasteiger partial charge >= 0.3 is 0 Å². The molecule has 1 amide bonds. The van der Waals surface area contributed by atoms with E-state index < -0.39 is 0 Å². The number of nitrogens with one attached hydrogen (secondary N) is 1. The van der Waals surface area contributed by atoms with Crippen molar-refractivity contribution in [3.05, 3.63) is 29.3 Å². The van der Waals surface area contributed by atoms with E-state index in [4.69, 9.17) is 4.74 Å². The number of amides is 1. The molecule has 0 aliphatic rings. The molecule has 0 aliphatic heterocycles. The van der Waals surface area contributed by atoms with Gasteiger partial charge in [-0.05, 0) is 32.4 Å². The van der Waals surface area contributed by atoms with Gasteiger partial charge in [0.1, 0.15) is 5.75 Å². The molecule has 1 aromatic rings. The number of aromatic hydroxyl groups is 1. The molecule has 2 N–H and O–H groups in total. The van der Waals surface area contributed by atoms with E-state index in [0.717, 1.165) is 6.42 Å². The fraction of sp³-hybridized carbons (Fsp3) is 0.462. The van der Waals surface area contributed by atoms with Crippen LogP contribution in [0, 0.1) is 6.92 Å². The first-order valence-corrected chi connectivity index (χ1v) is 5.81. The maximum atomic E-state index is 11.8. The number of ether oxygens (including phenoxy) is 1. The number of benzene rings is 1. The highest BCUT2D eigenvalue weighted by atomic mass is 16.5. The van der Waals surface area contributed by atoms with E-state index in [-0.39, 0.29) is 11.7 Å². The Morgan fingerprint density at radius 1 is 1.47 bits per heavy atom. The SMILES string of the molecule is CCOCCCNC(=O)c1cccc(O)c1C. The van der Waals surface area contributed by atoms with Crippen molar-refractivity contribution in [3.63, 3.8) is 0 Å². The van der Waals surface area contributed by atoms with Gasteiger partial charge in [-0.3, -0.25) is 4.79 Å². The Labute approximate surface area is 102 Å². The van der Waals surface area contributed by atoms with E-state index in [1.54, 1.807) is 25.1 Å². The van der Waals surface area contributed by atoms with Gasteiger partial charge in [0, 0.05) is 30.9 Å². The lowest BCUT2D eigenvalue weighted by Crippen LogP contribution is -2.25. The average molecular weight is 237 g/mol. The highest BCUT2D eigenvalue weighted by molar-refractivity contribution is 5.96. The first-order chi connectivity index (χ1) is 8.16. The second-order valence-electron chi connectivity index (χ2n) is 3.76. The van der Waals surface area contributed by atoms with Gasteiger partial charge < -0.3 is 15.2 Å². The predicted octanol–water partition coefficient (Wildman–Crippen LogP) is 1.86. The molecule has 94 valence electrons. The van der Waals surface area contributed by atoms with Crippen molar-refractivity contribution >= 4 is 5.91 Å². The van der Waals surface area contributed by atoms with Crippen molar-refractivity contribution in [2.45, 2.75) is 20.3 Å². The molecular weight excluding hydrogens is 218 g/mol. The van der Waals surface area contributed by atoms with Gasteiger partial charge in [0.05, 0.1) is 0 Å². The van der Waals surface area contributed by atoms with Crippen LogP contribution in [0.4, 0.5) is 0 Å². The highest BCUT2D eigenvalue weighted by Gasteiger charge is 2.10. The molecule has 0 aliphatic carbocycles. The number of rotatable bonds is 6. The lowest BCUT2D eigenvalue weighted by molar-refractivity contribution is 0.0943. The smallest absolute Gasteiger partial charge is 0.251 e. The number of hydrogen-bond donors (Lipinski definition) is 2. The number of carbonyl (C=O) groups excluding carboxylic acids is 1. The molecule has 0 unspecified atom stereocenters. The fourth-order valence-electron chi connectivity index (χ4n) is 1.49. The van der Waals surface area contributed by atoms with Gasteiger partial charge in [0.15, 0.2) is 0 Å². The van der Waals surface area contributed by atoms with E-state index in [1.807, 2.05) is 6.92 Å². The first-order valence-electron chi connectivity index (χ1n) is 5.81. The molecule has 0 saturated carbocycles. The van der Waals surface area contributed by atoms with Crippen molar-refractivity contribution in [2.24, 2.45) is 0 Å². The van der Waals surface area contributed by atoms with E-state index >= 15 is 0 Å². The highest BCUT2D eigenvalue weighted by Crippen LogP contribution is 2.19. The molecule has 4 nitrogen and oxygen atoms in total. The summed E-state index contributed by atoms with van der Waals surface area (Å²) >= 11 is 0. The van der Waals surface area contributed by atoms with Crippen LogP contribution in [0.1, 0.15) is 29.3 Å². The minimum absolute atomic E-state index is 0.145. The molecule has 0 aromatic heterocycles. The van der Waals surface area contributed by atoms with Crippen LogP contribution < -0.4 is 5.32 Å². The predicted molar refractivity (Wildman–Crippen MR) is 66.3 cm³/mol. The Hall–Kier alpha value is -1.55. The van der Waals surface area contributed by atoms with E-state index in [9.17, 15) is 9.90 Å². The molecule has 0 atom stereocenters. The maximum Gasteiger partial charge on any atom is 0.251 e. The molecule has 0 radical (unpaired) electrons. The minimum atomic E-state index is -0.158. The van der Waals surface area contributed by atoms with Gasteiger partial charge in [-0.2, -0.15) is 0 Å². The first kappa shape index (κ1) is 13.5. The van der Waals surface area contributed by atoms with Crippen molar-refractivity contribution < 1.29 is 14.6 Å². The van der Waals surface area contributed by atoms with Crippen LogP contribution in [-0.2, 0) is 4.74 Å². The second-order valence-corrected chi connectivity index (χ2v) is 3.76. The Balaban J connectivity index is 2.44. The van der Waals surface area contributed by atoms with Gasteiger partial charge in [-0.25, -0.2) is 0 Å². The summed E-state index contributed by atoms with van der Waals surface area (Å²) in [5.41, 5.74) is 1.12. The van der Waals surface area contributed by atoms with Crippen LogP contribution >= 0.6 is 0 Å². The largest absolute Gasteiger partial charge is 0.508 e. The molecule has 0 saturated heterocycles. The maximum absolute atomic E-state index is 11.8. The molecule has 17 heavy (non-hydrogen) atoms. The summed E-state index contributed by atoms with van der Waals surface area (Å²) in [5, 5.41) is 12.3. The summed E-state index contributed by atoms with van der Waals surface area (Å²) in [6, 6.07) is 4.94. The molecular formula is C13H19NO3. The van der Waals surface area contributed by atoms with Crippen LogP contribution in [-0.4, -0.2) is 30.8 Å². The molecule has 0 spiro atoms. The Bertz CT molecular complexity index is 377. The zero-order valence-corrected chi connectivity index (χ0v) is 10.3. The third-order valence-corrected chi connectivity index (χ3v) is 2.50. The van der Waals surface area contributed by atoms with Crippen LogP contribution in [0.15, 0.2) is 18.2 Å². The van der Waals surface area contributed by atoms with Crippen molar-refractivity contribution in [1.29, 1.82) is 0 Å². The number of phenols is 1. The van der Waals surface area contributed by atoms with E-state index in [2.05, 4.69) is 5.32 Å². The molecule has 0 fully saturated rings. The molecule has 0 bridgehead atoms. The van der Waals surface area contributed by atoms with Crippen molar-refractivity contribution in [2.75, 3.05) is 19.8 Å². The van der Waals surface area contributed by atoms with Crippen molar-refractivity contribution in [3.8, 4) is 5.75 Å². The lowest BCUT2D eigenvalue weighted by atomic mass is 10.1. The summed E-state index contributed by atoms with van der Waals surface area (Å²) < 4.78 is 5.17. The summed E-state index contributed by atoms with van der Waals surface area (Å²) in [4.78, 5) is 11.8. The molecule has 0 heterocycles. The minimum Gasteiger partial charge on any atom is -0.508 e. The molecule has 1 aromatic carbocycles. The number of phenolic OH excluding ortho intramolecular Hbond substituents is 1. The van der Waals surface area contributed by atoms with E-state index in [1.165, 1.54) is 0 Å². The third-order valence-electron chi connectivity index (χ3n) is 2.50. The zero-order chi connectivity index (χ0) is 12.7. The van der Waals surface area contributed by atoms with Gasteiger partial charge in [0.2, 0.25) is 0 Å². The topological polar surface area (TPSA) is 58.6 Å². The van der Waals surface area contributed by atoms with Crippen LogP contribution in [0.25, 0.3) is 0 Å². The standard InChI is InChI=1S/C13H19NO3/c1-3-17-9-5-8-14-13(16)11-6-4-7-12(15)10(11)2/h4,6-7,15H,3,5,8-9H2,1-2H3,(H,14,16). The summed E-state index contributed by atoms with van der Waals surface area (Å²) in [6.45, 7) is 5.59. The van der Waals surface area contributed by atoms with Crippen LogP contribution in [0.3, 0.4) is 0 Å². The average Bonchev–Trinajstić information content (AvgIpc) is 2.32. The van der Waals surface area contributed by atoms with Crippen LogP contribution in [0.5, 0.6) is 5.75 Å². The summed E-state index contributed by atoms with van der Waals surface area (Å²) in [5.74, 6) is -0.0122. The summed E-state index contributed by atoms with van der Waals surface area (Å²) in [6.07, 6.45) is 0.789. The Morgan fingerprint density at radius 2 is 2.24 bits per heavy atom. The molecule has 4 heteroatoms. The molecule has 1 rings (SSSR count). The Kier molecular flexibility index (Phi) is 5.49.